The Balaban J connectivity index is 1.54. The fourth-order valence-electron chi connectivity index (χ4n) is 4.74. The van der Waals surface area contributed by atoms with Crippen molar-refractivity contribution in [3.8, 4) is 0 Å². The van der Waals surface area contributed by atoms with Gasteiger partial charge in [0.15, 0.2) is 0 Å². The number of rotatable bonds is 4. The molecule has 1 aliphatic heterocycles. The van der Waals surface area contributed by atoms with Gasteiger partial charge in [0.25, 0.3) is 0 Å². The molecule has 4 rings (SSSR count). The predicted octanol–water partition coefficient (Wildman–Crippen LogP) is 3.98. The second kappa shape index (κ2) is 7.06. The van der Waals surface area contributed by atoms with Crippen LogP contribution in [0.4, 0.5) is 8.78 Å². The first-order chi connectivity index (χ1) is 13.0. The van der Waals surface area contributed by atoms with Crippen LogP contribution in [-0.2, 0) is 16.8 Å². The van der Waals surface area contributed by atoms with Crippen LogP contribution in [-0.4, -0.2) is 22.0 Å². The number of halogens is 2. The molecule has 1 aromatic heterocycles. The largest absolute Gasteiger partial charge is 0.355 e. The van der Waals surface area contributed by atoms with Gasteiger partial charge in [-0.3, -0.25) is 4.79 Å². The molecule has 2 aliphatic rings. The molecule has 0 saturated heterocycles. The third kappa shape index (κ3) is 3.37. The minimum atomic E-state index is -0.830. The van der Waals surface area contributed by atoms with E-state index in [1.165, 1.54) is 12.1 Å². The van der Waals surface area contributed by atoms with E-state index in [9.17, 15) is 13.6 Å². The Morgan fingerprint density at radius 3 is 2.63 bits per heavy atom. The van der Waals surface area contributed by atoms with Gasteiger partial charge in [-0.1, -0.05) is 12.8 Å². The highest BCUT2D eigenvalue weighted by Crippen LogP contribution is 2.42. The number of benzene rings is 1. The van der Waals surface area contributed by atoms with E-state index in [1.54, 1.807) is 0 Å². The van der Waals surface area contributed by atoms with Crippen LogP contribution in [0, 0.1) is 18.6 Å². The number of hydrogen-bond donors (Lipinski definition) is 1. The van der Waals surface area contributed by atoms with E-state index in [1.807, 2.05) is 6.92 Å². The van der Waals surface area contributed by atoms with Crippen molar-refractivity contribution in [2.75, 3.05) is 6.54 Å². The van der Waals surface area contributed by atoms with Gasteiger partial charge in [-0.15, -0.1) is 0 Å². The summed E-state index contributed by atoms with van der Waals surface area (Å²) in [7, 11) is 0. The zero-order chi connectivity index (χ0) is 19.0. The van der Waals surface area contributed by atoms with Crippen molar-refractivity contribution in [1.82, 2.24) is 14.9 Å². The van der Waals surface area contributed by atoms with Crippen molar-refractivity contribution in [2.24, 2.45) is 0 Å². The molecule has 4 nitrogen and oxygen atoms in total. The molecule has 1 aromatic carbocycles. The first-order valence-corrected chi connectivity index (χ1v) is 9.76. The van der Waals surface area contributed by atoms with Crippen LogP contribution in [0.15, 0.2) is 24.4 Å². The summed E-state index contributed by atoms with van der Waals surface area (Å²) < 4.78 is 29.7. The number of aryl methyl sites for hydroxylation is 2. The molecule has 1 saturated carbocycles. The van der Waals surface area contributed by atoms with Crippen LogP contribution in [0.3, 0.4) is 0 Å². The summed E-state index contributed by atoms with van der Waals surface area (Å²) in [5, 5.41) is 3.09. The summed E-state index contributed by atoms with van der Waals surface area (Å²) in [5.74, 6) is -0.177. The van der Waals surface area contributed by atoms with Gasteiger partial charge in [-0.05, 0) is 50.3 Å². The van der Waals surface area contributed by atoms with Crippen molar-refractivity contribution >= 4 is 5.91 Å². The average Bonchev–Trinajstić information content (AvgIpc) is 3.25. The Morgan fingerprint density at radius 1 is 1.22 bits per heavy atom. The number of carbonyl (C=O) groups is 1. The molecule has 1 aliphatic carbocycles. The van der Waals surface area contributed by atoms with Gasteiger partial charge in [0.2, 0.25) is 5.91 Å². The summed E-state index contributed by atoms with van der Waals surface area (Å²) in [4.78, 5) is 17.8. The van der Waals surface area contributed by atoms with Crippen molar-refractivity contribution in [2.45, 2.75) is 63.3 Å². The van der Waals surface area contributed by atoms with Crippen molar-refractivity contribution in [3.05, 3.63) is 53.1 Å². The molecule has 0 bridgehead atoms. The van der Waals surface area contributed by atoms with E-state index >= 15 is 0 Å². The van der Waals surface area contributed by atoms with Gasteiger partial charge < -0.3 is 9.88 Å². The maximum Gasteiger partial charge on any atom is 0.230 e. The highest BCUT2D eigenvalue weighted by molar-refractivity contribution is 5.88. The molecule has 2 heterocycles. The molecule has 2 aromatic rings. The number of nitrogens with zero attached hydrogens (tertiary/aromatic N) is 2. The Bertz CT molecular complexity index is 835. The SMILES string of the molecule is Cc1cn2c(n1)C(CNC(=O)C1(c3cc(F)cc(F)c3)CCCC1)CCC2. The second-order valence-corrected chi connectivity index (χ2v) is 7.93. The molecule has 1 atom stereocenters. The standard InChI is InChI=1S/C21H25F2N3O/c1-14-13-26-8-4-5-15(19(26)25-14)12-24-20(27)21(6-2-3-7-21)16-9-17(22)11-18(23)10-16/h9-11,13,15H,2-8,12H2,1H3,(H,24,27). The number of fused-ring (bicyclic) bond motifs is 1. The van der Waals surface area contributed by atoms with Crippen molar-refractivity contribution in [3.63, 3.8) is 0 Å². The summed E-state index contributed by atoms with van der Waals surface area (Å²) in [6.07, 6.45) is 7.12. The number of imidazole rings is 1. The Morgan fingerprint density at radius 2 is 1.93 bits per heavy atom. The summed E-state index contributed by atoms with van der Waals surface area (Å²) in [5.41, 5.74) is 0.616. The lowest BCUT2D eigenvalue weighted by molar-refractivity contribution is -0.126. The molecular weight excluding hydrogens is 348 g/mol. The van der Waals surface area contributed by atoms with Gasteiger partial charge >= 0.3 is 0 Å². The van der Waals surface area contributed by atoms with Crippen LogP contribution in [0.2, 0.25) is 0 Å². The maximum atomic E-state index is 13.8. The third-order valence-electron chi connectivity index (χ3n) is 6.06. The summed E-state index contributed by atoms with van der Waals surface area (Å²) >= 11 is 0. The number of aromatic nitrogens is 2. The fourth-order valence-corrected chi connectivity index (χ4v) is 4.74. The van der Waals surface area contributed by atoms with Crippen LogP contribution < -0.4 is 5.32 Å². The lowest BCUT2D eigenvalue weighted by atomic mass is 9.77. The minimum Gasteiger partial charge on any atom is -0.355 e. The molecule has 6 heteroatoms. The zero-order valence-electron chi connectivity index (χ0n) is 15.6. The topological polar surface area (TPSA) is 46.9 Å². The van der Waals surface area contributed by atoms with E-state index in [4.69, 9.17) is 0 Å². The van der Waals surface area contributed by atoms with Gasteiger partial charge in [0.05, 0.1) is 11.1 Å². The van der Waals surface area contributed by atoms with E-state index in [0.717, 1.165) is 49.8 Å². The van der Waals surface area contributed by atoms with Gasteiger partial charge in [-0.2, -0.15) is 0 Å². The lowest BCUT2D eigenvalue weighted by Gasteiger charge is -2.30. The quantitative estimate of drug-likeness (QED) is 0.881. The summed E-state index contributed by atoms with van der Waals surface area (Å²) in [6, 6.07) is 3.48. The van der Waals surface area contributed by atoms with Crippen LogP contribution in [0.1, 0.15) is 61.5 Å². The average molecular weight is 373 g/mol. The Labute approximate surface area is 158 Å². The molecule has 27 heavy (non-hydrogen) atoms. The second-order valence-electron chi connectivity index (χ2n) is 7.93. The van der Waals surface area contributed by atoms with E-state index in [2.05, 4.69) is 21.1 Å². The van der Waals surface area contributed by atoms with Crippen molar-refractivity contribution in [1.29, 1.82) is 0 Å². The fraction of sp³-hybridized carbons (Fsp3) is 0.524. The maximum absolute atomic E-state index is 13.8. The summed E-state index contributed by atoms with van der Waals surface area (Å²) in [6.45, 7) is 3.45. The number of nitrogens with one attached hydrogen (secondary N) is 1. The van der Waals surface area contributed by atoms with Crippen LogP contribution >= 0.6 is 0 Å². The number of hydrogen-bond acceptors (Lipinski definition) is 2. The van der Waals surface area contributed by atoms with Crippen LogP contribution in [0.5, 0.6) is 0 Å². The predicted molar refractivity (Wildman–Crippen MR) is 98.5 cm³/mol. The zero-order valence-corrected chi connectivity index (χ0v) is 15.6. The van der Waals surface area contributed by atoms with Gasteiger partial charge in [0, 0.05) is 31.3 Å². The van der Waals surface area contributed by atoms with Crippen molar-refractivity contribution < 1.29 is 13.6 Å². The third-order valence-corrected chi connectivity index (χ3v) is 6.06. The van der Waals surface area contributed by atoms with E-state index < -0.39 is 17.0 Å². The first kappa shape index (κ1) is 18.1. The normalized spacial score (nSPS) is 21.1. The molecule has 1 fully saturated rings. The van der Waals surface area contributed by atoms with E-state index in [0.29, 0.717) is 24.9 Å². The molecule has 0 radical (unpaired) electrons. The van der Waals surface area contributed by atoms with Gasteiger partial charge in [-0.25, -0.2) is 13.8 Å². The highest BCUT2D eigenvalue weighted by Gasteiger charge is 2.43. The molecule has 144 valence electrons. The van der Waals surface area contributed by atoms with Gasteiger partial charge in [0.1, 0.15) is 17.5 Å². The Kier molecular flexibility index (Phi) is 4.74. The highest BCUT2D eigenvalue weighted by atomic mass is 19.1. The monoisotopic (exact) mass is 373 g/mol. The molecular formula is C21H25F2N3O. The molecule has 0 spiro atoms. The molecule has 1 unspecified atom stereocenters. The lowest BCUT2D eigenvalue weighted by Crippen LogP contribution is -2.44. The number of amides is 1. The van der Waals surface area contributed by atoms with Crippen LogP contribution in [0.25, 0.3) is 0 Å². The smallest absolute Gasteiger partial charge is 0.230 e. The Hall–Kier alpha value is -2.24. The first-order valence-electron chi connectivity index (χ1n) is 9.76. The number of carbonyl (C=O) groups excluding carboxylic acids is 1. The van der Waals surface area contributed by atoms with E-state index in [-0.39, 0.29) is 11.8 Å². The molecule has 1 amide bonds. The molecule has 1 N–H and O–H groups in total. The minimum absolute atomic E-state index is 0.120.